The number of amides is 1. The second-order valence-corrected chi connectivity index (χ2v) is 4.27. The molecule has 0 spiro atoms. The van der Waals surface area contributed by atoms with Crippen LogP contribution in [0.25, 0.3) is 10.1 Å². The summed E-state index contributed by atoms with van der Waals surface area (Å²) in [5, 5.41) is 3.84. The van der Waals surface area contributed by atoms with E-state index in [2.05, 4.69) is 23.5 Å². The highest BCUT2D eigenvalue weighted by atomic mass is 32.1. The quantitative estimate of drug-likeness (QED) is 0.800. The summed E-state index contributed by atoms with van der Waals surface area (Å²) in [7, 11) is 1.66. The van der Waals surface area contributed by atoms with Crippen molar-refractivity contribution in [3.63, 3.8) is 0 Å². The zero-order valence-electron chi connectivity index (χ0n) is 7.91. The third-order valence-electron chi connectivity index (χ3n) is 2.09. The van der Waals surface area contributed by atoms with Crippen molar-refractivity contribution >= 4 is 27.3 Å². The summed E-state index contributed by atoms with van der Waals surface area (Å²) in [6, 6.07) is 10.3. The molecule has 0 aliphatic rings. The molecule has 1 aromatic heterocycles. The van der Waals surface area contributed by atoms with Crippen molar-refractivity contribution in [2.45, 2.75) is 6.42 Å². The number of benzene rings is 1. The number of thiophene rings is 1. The summed E-state index contributed by atoms with van der Waals surface area (Å²) in [5.74, 6) is 0.0663. The maximum absolute atomic E-state index is 11.2. The average molecular weight is 205 g/mol. The molecule has 0 saturated heterocycles. The summed E-state index contributed by atoms with van der Waals surface area (Å²) in [6.07, 6.45) is 0.482. The van der Waals surface area contributed by atoms with E-state index < -0.39 is 0 Å². The summed E-state index contributed by atoms with van der Waals surface area (Å²) in [4.78, 5) is 12.3. The van der Waals surface area contributed by atoms with Crippen LogP contribution in [0.3, 0.4) is 0 Å². The molecule has 0 fully saturated rings. The van der Waals surface area contributed by atoms with Crippen LogP contribution in [0.2, 0.25) is 0 Å². The number of rotatable bonds is 2. The van der Waals surface area contributed by atoms with Crippen LogP contribution < -0.4 is 5.32 Å². The predicted octanol–water partition coefficient (Wildman–Crippen LogP) is 2.19. The predicted molar refractivity (Wildman–Crippen MR) is 59.6 cm³/mol. The van der Waals surface area contributed by atoms with Gasteiger partial charge < -0.3 is 5.32 Å². The molecule has 1 amide bonds. The van der Waals surface area contributed by atoms with Gasteiger partial charge in [0.1, 0.15) is 0 Å². The fraction of sp³-hybridized carbons (Fsp3) is 0.182. The van der Waals surface area contributed by atoms with Gasteiger partial charge in [-0.3, -0.25) is 4.79 Å². The number of carbonyl (C=O) groups is 1. The number of carbonyl (C=O) groups excluding carboxylic acids is 1. The molecule has 3 heteroatoms. The van der Waals surface area contributed by atoms with Gasteiger partial charge in [0.15, 0.2) is 0 Å². The van der Waals surface area contributed by atoms with Crippen LogP contribution in [0.5, 0.6) is 0 Å². The fourth-order valence-corrected chi connectivity index (χ4v) is 2.43. The van der Waals surface area contributed by atoms with Gasteiger partial charge in [-0.05, 0) is 17.5 Å². The number of fused-ring (bicyclic) bond motifs is 1. The van der Waals surface area contributed by atoms with Crippen LogP contribution in [0.1, 0.15) is 4.88 Å². The first-order valence-electron chi connectivity index (χ1n) is 4.47. The molecule has 0 atom stereocenters. The molecule has 14 heavy (non-hydrogen) atoms. The Balaban J connectivity index is 2.31. The van der Waals surface area contributed by atoms with Gasteiger partial charge in [0, 0.05) is 16.6 Å². The molecule has 1 N–H and O–H groups in total. The van der Waals surface area contributed by atoms with Crippen LogP contribution in [0.15, 0.2) is 30.3 Å². The minimum atomic E-state index is 0.0663. The molecule has 0 aliphatic carbocycles. The summed E-state index contributed by atoms with van der Waals surface area (Å²) < 4.78 is 1.24. The standard InChI is InChI=1S/C11H11NOS/c1-12-11(13)7-9-6-8-4-2-3-5-10(8)14-9/h2-6H,7H2,1H3,(H,12,13). The lowest BCUT2D eigenvalue weighted by molar-refractivity contribution is -0.119. The van der Waals surface area contributed by atoms with Crippen LogP contribution in [0.4, 0.5) is 0 Å². The molecule has 1 heterocycles. The summed E-state index contributed by atoms with van der Waals surface area (Å²) in [6.45, 7) is 0. The second kappa shape index (κ2) is 3.80. The smallest absolute Gasteiger partial charge is 0.224 e. The van der Waals surface area contributed by atoms with Crippen molar-refractivity contribution in [2.24, 2.45) is 0 Å². The Morgan fingerprint density at radius 2 is 2.21 bits per heavy atom. The van der Waals surface area contributed by atoms with Crippen LogP contribution in [0, 0.1) is 0 Å². The van der Waals surface area contributed by atoms with E-state index in [1.165, 1.54) is 10.1 Å². The molecule has 72 valence electrons. The first-order valence-corrected chi connectivity index (χ1v) is 5.29. The summed E-state index contributed by atoms with van der Waals surface area (Å²) in [5.41, 5.74) is 0. The molecule has 0 aliphatic heterocycles. The van der Waals surface area contributed by atoms with Crippen molar-refractivity contribution in [3.05, 3.63) is 35.2 Å². The Bertz CT molecular complexity index is 428. The van der Waals surface area contributed by atoms with Crippen molar-refractivity contribution in [2.75, 3.05) is 7.05 Å². The second-order valence-electron chi connectivity index (χ2n) is 3.10. The van der Waals surface area contributed by atoms with Gasteiger partial charge in [-0.15, -0.1) is 11.3 Å². The monoisotopic (exact) mass is 205 g/mol. The highest BCUT2D eigenvalue weighted by Crippen LogP contribution is 2.25. The van der Waals surface area contributed by atoms with Crippen molar-refractivity contribution < 1.29 is 4.79 Å². The van der Waals surface area contributed by atoms with E-state index in [0.29, 0.717) is 6.42 Å². The van der Waals surface area contributed by atoms with Gasteiger partial charge in [-0.25, -0.2) is 0 Å². The molecule has 2 rings (SSSR count). The van der Waals surface area contributed by atoms with E-state index in [0.717, 1.165) is 4.88 Å². The first-order chi connectivity index (χ1) is 6.79. The lowest BCUT2D eigenvalue weighted by atomic mass is 10.2. The van der Waals surface area contributed by atoms with Gasteiger partial charge in [-0.2, -0.15) is 0 Å². The molecule has 0 radical (unpaired) electrons. The number of nitrogens with one attached hydrogen (secondary N) is 1. The topological polar surface area (TPSA) is 29.1 Å². The van der Waals surface area contributed by atoms with Crippen LogP contribution >= 0.6 is 11.3 Å². The Morgan fingerprint density at radius 1 is 1.43 bits per heavy atom. The number of hydrogen-bond acceptors (Lipinski definition) is 2. The zero-order valence-corrected chi connectivity index (χ0v) is 8.73. The lowest BCUT2D eigenvalue weighted by Gasteiger charge is -1.94. The van der Waals surface area contributed by atoms with Gasteiger partial charge in [0.25, 0.3) is 0 Å². The van der Waals surface area contributed by atoms with E-state index in [9.17, 15) is 4.79 Å². The molecule has 2 nitrogen and oxygen atoms in total. The van der Waals surface area contributed by atoms with Crippen molar-refractivity contribution in [1.82, 2.24) is 5.32 Å². The molecule has 0 saturated carbocycles. The highest BCUT2D eigenvalue weighted by Gasteiger charge is 2.04. The molecule has 0 bridgehead atoms. The number of hydrogen-bond donors (Lipinski definition) is 1. The molecular formula is C11H11NOS. The Kier molecular flexibility index (Phi) is 2.50. The van der Waals surface area contributed by atoms with E-state index >= 15 is 0 Å². The van der Waals surface area contributed by atoms with E-state index in [1.54, 1.807) is 18.4 Å². The van der Waals surface area contributed by atoms with E-state index in [4.69, 9.17) is 0 Å². The van der Waals surface area contributed by atoms with Crippen molar-refractivity contribution in [3.8, 4) is 0 Å². The normalized spacial score (nSPS) is 10.4. The minimum Gasteiger partial charge on any atom is -0.359 e. The third-order valence-corrected chi connectivity index (χ3v) is 3.21. The highest BCUT2D eigenvalue weighted by molar-refractivity contribution is 7.19. The van der Waals surface area contributed by atoms with Gasteiger partial charge in [0.05, 0.1) is 6.42 Å². The average Bonchev–Trinajstić information content (AvgIpc) is 2.59. The third kappa shape index (κ3) is 1.77. The van der Waals surface area contributed by atoms with E-state index in [1.807, 2.05) is 12.1 Å². The first kappa shape index (κ1) is 9.21. The molecule has 1 aromatic carbocycles. The van der Waals surface area contributed by atoms with Gasteiger partial charge in [-0.1, -0.05) is 18.2 Å². The molecular weight excluding hydrogens is 194 g/mol. The van der Waals surface area contributed by atoms with Crippen LogP contribution in [-0.4, -0.2) is 13.0 Å². The van der Waals surface area contributed by atoms with Gasteiger partial charge in [0.2, 0.25) is 5.91 Å². The molecule has 2 aromatic rings. The summed E-state index contributed by atoms with van der Waals surface area (Å²) >= 11 is 1.68. The Morgan fingerprint density at radius 3 is 2.93 bits per heavy atom. The SMILES string of the molecule is CNC(=O)Cc1cc2ccccc2s1. The maximum atomic E-state index is 11.2. The Hall–Kier alpha value is -1.35. The lowest BCUT2D eigenvalue weighted by Crippen LogP contribution is -2.19. The largest absolute Gasteiger partial charge is 0.359 e. The maximum Gasteiger partial charge on any atom is 0.224 e. The van der Waals surface area contributed by atoms with Crippen LogP contribution in [-0.2, 0) is 11.2 Å². The zero-order chi connectivity index (χ0) is 9.97. The molecule has 0 unspecified atom stereocenters. The number of likely N-dealkylation sites (N-methyl/N-ethyl adjacent to an activating group) is 1. The van der Waals surface area contributed by atoms with Gasteiger partial charge >= 0.3 is 0 Å². The van der Waals surface area contributed by atoms with E-state index in [-0.39, 0.29) is 5.91 Å². The minimum absolute atomic E-state index is 0.0663. The van der Waals surface area contributed by atoms with Crippen molar-refractivity contribution in [1.29, 1.82) is 0 Å². The Labute approximate surface area is 86.6 Å². The fourth-order valence-electron chi connectivity index (χ4n) is 1.37.